The summed E-state index contributed by atoms with van der Waals surface area (Å²) >= 11 is 11.7. The molecule has 0 saturated carbocycles. The van der Waals surface area contributed by atoms with Crippen molar-refractivity contribution >= 4 is 29.0 Å². The molecule has 16 heavy (non-hydrogen) atoms. The topological polar surface area (TPSA) is 41.9 Å². The average molecular weight is 261 g/mol. The monoisotopic (exact) mass is 260 g/mol. The van der Waals surface area contributed by atoms with E-state index in [1.807, 2.05) is 0 Å². The number of nitrogens with zero attached hydrogens (tertiary/aromatic N) is 4. The lowest BCUT2D eigenvalue weighted by Gasteiger charge is -2.32. The summed E-state index contributed by atoms with van der Waals surface area (Å²) in [6.45, 7) is 4.16. The molecule has 0 atom stereocenters. The fraction of sp³-hybridized carbons (Fsp3) is 0.700. The molecule has 6 heteroatoms. The van der Waals surface area contributed by atoms with Crippen LogP contribution in [0, 0.1) is 5.92 Å². The smallest absolute Gasteiger partial charge is 0.245 e. The summed E-state index contributed by atoms with van der Waals surface area (Å²) in [5.41, 5.74) is 0. The van der Waals surface area contributed by atoms with Gasteiger partial charge < -0.3 is 4.90 Å². The summed E-state index contributed by atoms with van der Waals surface area (Å²) in [6, 6.07) is 0. The van der Waals surface area contributed by atoms with E-state index in [2.05, 4.69) is 27.0 Å². The highest BCUT2D eigenvalue weighted by Crippen LogP contribution is 2.27. The third-order valence-corrected chi connectivity index (χ3v) is 3.50. The molecule has 1 aromatic heterocycles. The Kier molecular flexibility index (Phi) is 3.82. The lowest BCUT2D eigenvalue weighted by atomic mass is 9.94. The van der Waals surface area contributed by atoms with E-state index in [9.17, 15) is 0 Å². The van der Waals surface area contributed by atoms with Crippen LogP contribution in [0.15, 0.2) is 0 Å². The van der Waals surface area contributed by atoms with Crippen molar-refractivity contribution in [2.45, 2.75) is 26.2 Å². The molecule has 0 unspecified atom stereocenters. The minimum absolute atomic E-state index is 0.150. The summed E-state index contributed by atoms with van der Waals surface area (Å²) in [5.74, 6) is 1.48. The number of piperidine rings is 1. The SMILES string of the molecule is CCC1CCN(c2nc(Cl)nnc2Cl)CC1. The van der Waals surface area contributed by atoms with Crippen molar-refractivity contribution in [2.75, 3.05) is 18.0 Å². The zero-order valence-electron chi connectivity index (χ0n) is 9.16. The van der Waals surface area contributed by atoms with E-state index in [-0.39, 0.29) is 5.28 Å². The summed E-state index contributed by atoms with van der Waals surface area (Å²) in [5, 5.41) is 7.87. The van der Waals surface area contributed by atoms with Crippen LogP contribution in [0.4, 0.5) is 5.82 Å². The van der Waals surface area contributed by atoms with Gasteiger partial charge in [0.1, 0.15) is 0 Å². The van der Waals surface area contributed by atoms with Gasteiger partial charge in [0, 0.05) is 13.1 Å². The largest absolute Gasteiger partial charge is 0.354 e. The first-order chi connectivity index (χ1) is 7.70. The molecule has 1 saturated heterocycles. The fourth-order valence-corrected chi connectivity index (χ4v) is 2.36. The van der Waals surface area contributed by atoms with Crippen LogP contribution in [0.3, 0.4) is 0 Å². The van der Waals surface area contributed by atoms with E-state index >= 15 is 0 Å². The van der Waals surface area contributed by atoms with Crippen LogP contribution in [-0.2, 0) is 0 Å². The third kappa shape index (κ3) is 2.55. The maximum absolute atomic E-state index is 5.96. The normalized spacial score (nSPS) is 17.8. The van der Waals surface area contributed by atoms with Gasteiger partial charge in [0.2, 0.25) is 5.28 Å². The number of anilines is 1. The second kappa shape index (κ2) is 5.15. The van der Waals surface area contributed by atoms with Gasteiger partial charge >= 0.3 is 0 Å². The van der Waals surface area contributed by atoms with Gasteiger partial charge in [0.25, 0.3) is 0 Å². The highest BCUT2D eigenvalue weighted by molar-refractivity contribution is 6.32. The van der Waals surface area contributed by atoms with E-state index < -0.39 is 0 Å². The van der Waals surface area contributed by atoms with Gasteiger partial charge in [0.15, 0.2) is 11.0 Å². The van der Waals surface area contributed by atoms with E-state index in [1.54, 1.807) is 0 Å². The van der Waals surface area contributed by atoms with Crippen LogP contribution < -0.4 is 4.90 Å². The Balaban J connectivity index is 2.10. The zero-order valence-corrected chi connectivity index (χ0v) is 10.7. The van der Waals surface area contributed by atoms with Crippen molar-refractivity contribution in [1.29, 1.82) is 0 Å². The molecule has 0 bridgehead atoms. The summed E-state index contributed by atoms with van der Waals surface area (Å²) in [7, 11) is 0. The van der Waals surface area contributed by atoms with Gasteiger partial charge in [-0.2, -0.15) is 4.98 Å². The first-order valence-corrected chi connectivity index (χ1v) is 6.27. The van der Waals surface area contributed by atoms with E-state index in [0.29, 0.717) is 11.0 Å². The Morgan fingerprint density at radius 3 is 2.56 bits per heavy atom. The Morgan fingerprint density at radius 2 is 1.94 bits per heavy atom. The van der Waals surface area contributed by atoms with Crippen LogP contribution >= 0.6 is 23.2 Å². The van der Waals surface area contributed by atoms with Crippen LogP contribution in [0.2, 0.25) is 10.4 Å². The molecule has 0 aliphatic carbocycles. The summed E-state index contributed by atoms with van der Waals surface area (Å²) in [4.78, 5) is 6.27. The van der Waals surface area contributed by atoms with E-state index in [1.165, 1.54) is 19.3 Å². The summed E-state index contributed by atoms with van der Waals surface area (Å²) in [6.07, 6.45) is 3.59. The van der Waals surface area contributed by atoms with Crippen molar-refractivity contribution in [3.05, 3.63) is 10.4 Å². The average Bonchev–Trinajstić information content (AvgIpc) is 2.32. The Labute approximate surface area is 105 Å². The molecule has 0 spiro atoms. The van der Waals surface area contributed by atoms with Gasteiger partial charge in [-0.05, 0) is 30.4 Å². The van der Waals surface area contributed by atoms with Gasteiger partial charge in [-0.25, -0.2) is 0 Å². The molecule has 0 amide bonds. The second-order valence-electron chi connectivity index (χ2n) is 4.03. The Bertz CT molecular complexity index is 364. The molecule has 88 valence electrons. The predicted molar refractivity (Wildman–Crippen MR) is 65.1 cm³/mol. The molecule has 4 nitrogen and oxygen atoms in total. The Hall–Kier alpha value is -0.610. The fourth-order valence-electron chi connectivity index (χ4n) is 2.04. The van der Waals surface area contributed by atoms with Gasteiger partial charge in [-0.15, -0.1) is 10.2 Å². The second-order valence-corrected chi connectivity index (χ2v) is 4.73. The van der Waals surface area contributed by atoms with Crippen LogP contribution in [0.5, 0.6) is 0 Å². The van der Waals surface area contributed by atoms with E-state index in [0.717, 1.165) is 19.0 Å². The third-order valence-electron chi connectivity index (χ3n) is 3.09. The lowest BCUT2D eigenvalue weighted by Crippen LogP contribution is -2.34. The molecule has 0 aromatic carbocycles. The van der Waals surface area contributed by atoms with Crippen LogP contribution in [-0.4, -0.2) is 28.3 Å². The highest BCUT2D eigenvalue weighted by Gasteiger charge is 2.21. The Morgan fingerprint density at radius 1 is 1.25 bits per heavy atom. The van der Waals surface area contributed by atoms with Crippen LogP contribution in [0.25, 0.3) is 0 Å². The molecule has 0 radical (unpaired) electrons. The minimum atomic E-state index is 0.150. The molecular weight excluding hydrogens is 247 g/mol. The number of hydrogen-bond donors (Lipinski definition) is 0. The van der Waals surface area contributed by atoms with Gasteiger partial charge in [-0.3, -0.25) is 0 Å². The molecular formula is C10H14Cl2N4. The quantitative estimate of drug-likeness (QED) is 0.820. The first-order valence-electron chi connectivity index (χ1n) is 5.51. The highest BCUT2D eigenvalue weighted by atomic mass is 35.5. The van der Waals surface area contributed by atoms with Gasteiger partial charge in [0.05, 0.1) is 0 Å². The van der Waals surface area contributed by atoms with Crippen molar-refractivity contribution < 1.29 is 0 Å². The number of hydrogen-bond acceptors (Lipinski definition) is 4. The number of rotatable bonds is 2. The van der Waals surface area contributed by atoms with Crippen LogP contribution in [0.1, 0.15) is 26.2 Å². The predicted octanol–water partition coefficient (Wildman–Crippen LogP) is 2.80. The molecule has 0 N–H and O–H groups in total. The molecule has 1 aromatic rings. The maximum Gasteiger partial charge on any atom is 0.245 e. The molecule has 1 aliphatic rings. The van der Waals surface area contributed by atoms with E-state index in [4.69, 9.17) is 23.2 Å². The molecule has 2 heterocycles. The molecule has 2 rings (SSSR count). The number of halogens is 2. The van der Waals surface area contributed by atoms with Crippen molar-refractivity contribution in [1.82, 2.24) is 15.2 Å². The maximum atomic E-state index is 5.96. The standard InChI is InChI=1S/C10H14Cl2N4/c1-2-7-3-5-16(6-4-7)9-8(11)14-15-10(12)13-9/h7H,2-6H2,1H3. The first kappa shape index (κ1) is 11.9. The molecule has 1 aliphatic heterocycles. The van der Waals surface area contributed by atoms with Crippen molar-refractivity contribution in [3.8, 4) is 0 Å². The van der Waals surface area contributed by atoms with Gasteiger partial charge in [-0.1, -0.05) is 24.9 Å². The minimum Gasteiger partial charge on any atom is -0.354 e. The number of aromatic nitrogens is 3. The van der Waals surface area contributed by atoms with Crippen molar-refractivity contribution in [3.63, 3.8) is 0 Å². The molecule has 1 fully saturated rings. The summed E-state index contributed by atoms with van der Waals surface area (Å²) < 4.78 is 0. The zero-order chi connectivity index (χ0) is 11.5. The van der Waals surface area contributed by atoms with Crippen molar-refractivity contribution in [2.24, 2.45) is 5.92 Å². The lowest BCUT2D eigenvalue weighted by molar-refractivity contribution is 0.393.